The van der Waals surface area contributed by atoms with Crippen LogP contribution in [0.5, 0.6) is 5.75 Å². The van der Waals surface area contributed by atoms with Crippen LogP contribution in [0.25, 0.3) is 6.08 Å². The number of esters is 2. The Kier molecular flexibility index (Phi) is 6.77. The van der Waals surface area contributed by atoms with Crippen LogP contribution in [0, 0.1) is 0 Å². The van der Waals surface area contributed by atoms with E-state index in [0.29, 0.717) is 5.75 Å². The van der Waals surface area contributed by atoms with Crippen molar-refractivity contribution >= 4 is 18.0 Å². The minimum absolute atomic E-state index is 0.140. The first-order chi connectivity index (χ1) is 12.1. The van der Waals surface area contributed by atoms with E-state index in [0.717, 1.165) is 11.1 Å². The first-order valence-electron chi connectivity index (χ1n) is 7.75. The summed E-state index contributed by atoms with van der Waals surface area (Å²) in [6, 6.07) is 16.5. The second-order valence-electron chi connectivity index (χ2n) is 5.26. The molecule has 0 amide bonds. The number of methoxy groups -OCH3 is 2. The highest BCUT2D eigenvalue weighted by atomic mass is 16.5. The van der Waals surface area contributed by atoms with Crippen molar-refractivity contribution in [3.63, 3.8) is 0 Å². The lowest BCUT2D eigenvalue weighted by molar-refractivity contribution is -0.145. The largest absolute Gasteiger partial charge is 0.497 e. The Morgan fingerprint density at radius 2 is 1.64 bits per heavy atom. The number of hydrogen-bond acceptors (Lipinski definition) is 5. The number of hydrogen-bond donors (Lipinski definition) is 0. The molecule has 0 N–H and O–H groups in total. The van der Waals surface area contributed by atoms with Crippen molar-refractivity contribution in [2.24, 2.45) is 0 Å². The summed E-state index contributed by atoms with van der Waals surface area (Å²) in [6.07, 6.45) is 1.46. The van der Waals surface area contributed by atoms with Gasteiger partial charge in [0.2, 0.25) is 0 Å². The Morgan fingerprint density at radius 1 is 0.960 bits per heavy atom. The summed E-state index contributed by atoms with van der Waals surface area (Å²) >= 11 is 0. The highest BCUT2D eigenvalue weighted by molar-refractivity contribution is 5.98. The maximum atomic E-state index is 12.4. The van der Waals surface area contributed by atoms with Gasteiger partial charge in [-0.2, -0.15) is 0 Å². The monoisotopic (exact) mass is 340 g/mol. The summed E-state index contributed by atoms with van der Waals surface area (Å²) in [4.78, 5) is 24.0. The molecule has 25 heavy (non-hydrogen) atoms. The fraction of sp³-hybridized carbons (Fsp3) is 0.200. The van der Waals surface area contributed by atoms with Crippen LogP contribution in [-0.4, -0.2) is 26.2 Å². The zero-order valence-electron chi connectivity index (χ0n) is 14.2. The molecule has 0 aliphatic carbocycles. The molecule has 0 unspecified atom stereocenters. The zero-order valence-corrected chi connectivity index (χ0v) is 14.2. The normalized spacial score (nSPS) is 10.9. The molecule has 2 aromatic carbocycles. The summed E-state index contributed by atoms with van der Waals surface area (Å²) in [7, 11) is 2.86. The third-order valence-electron chi connectivity index (χ3n) is 3.49. The predicted molar refractivity (Wildman–Crippen MR) is 93.8 cm³/mol. The van der Waals surface area contributed by atoms with Crippen LogP contribution in [-0.2, 0) is 25.7 Å². The molecule has 5 nitrogen and oxygen atoms in total. The van der Waals surface area contributed by atoms with Crippen molar-refractivity contribution in [1.29, 1.82) is 0 Å². The number of carbonyl (C=O) groups excluding carboxylic acids is 2. The van der Waals surface area contributed by atoms with Crippen LogP contribution in [0.3, 0.4) is 0 Å². The standard InChI is InChI=1S/C20H20O5/c1-23-18-10-8-15(9-11-18)12-17(13-19(21)24-2)20(22)25-14-16-6-4-3-5-7-16/h3-12H,13-14H2,1-2H3/b17-12-. The second-order valence-corrected chi connectivity index (χ2v) is 5.26. The van der Waals surface area contributed by atoms with Crippen LogP contribution >= 0.6 is 0 Å². The maximum Gasteiger partial charge on any atom is 0.334 e. The molecule has 5 heteroatoms. The molecular formula is C20H20O5. The first kappa shape index (κ1) is 18.3. The Bertz CT molecular complexity index is 732. The first-order valence-corrected chi connectivity index (χ1v) is 7.75. The molecule has 0 radical (unpaired) electrons. The number of carbonyl (C=O) groups is 2. The van der Waals surface area contributed by atoms with Crippen molar-refractivity contribution in [3.8, 4) is 5.75 Å². The van der Waals surface area contributed by atoms with Gasteiger partial charge in [0.05, 0.1) is 20.6 Å². The fourth-order valence-corrected chi connectivity index (χ4v) is 2.13. The molecule has 0 saturated heterocycles. The van der Waals surface area contributed by atoms with Crippen molar-refractivity contribution in [1.82, 2.24) is 0 Å². The lowest BCUT2D eigenvalue weighted by Crippen LogP contribution is -2.12. The third kappa shape index (κ3) is 5.80. The molecule has 130 valence electrons. The zero-order chi connectivity index (χ0) is 18.1. The Morgan fingerprint density at radius 3 is 2.24 bits per heavy atom. The van der Waals surface area contributed by atoms with Gasteiger partial charge < -0.3 is 14.2 Å². The Balaban J connectivity index is 2.14. The van der Waals surface area contributed by atoms with E-state index in [1.165, 1.54) is 7.11 Å². The van der Waals surface area contributed by atoms with Gasteiger partial charge in [-0.3, -0.25) is 4.79 Å². The third-order valence-corrected chi connectivity index (χ3v) is 3.49. The summed E-state index contributed by atoms with van der Waals surface area (Å²) in [5.41, 5.74) is 1.86. The van der Waals surface area contributed by atoms with Gasteiger partial charge in [0, 0.05) is 5.57 Å². The second kappa shape index (κ2) is 9.27. The molecule has 0 aliphatic heterocycles. The van der Waals surface area contributed by atoms with Gasteiger partial charge in [-0.1, -0.05) is 42.5 Å². The van der Waals surface area contributed by atoms with E-state index in [9.17, 15) is 9.59 Å². The van der Waals surface area contributed by atoms with E-state index in [1.54, 1.807) is 37.5 Å². The smallest absolute Gasteiger partial charge is 0.334 e. The van der Waals surface area contributed by atoms with E-state index in [-0.39, 0.29) is 18.6 Å². The lowest BCUT2D eigenvalue weighted by atomic mass is 10.1. The lowest BCUT2D eigenvalue weighted by Gasteiger charge is -2.08. The van der Waals surface area contributed by atoms with Crippen molar-refractivity contribution in [2.75, 3.05) is 14.2 Å². The molecule has 0 saturated carbocycles. The molecule has 0 aromatic heterocycles. The highest BCUT2D eigenvalue weighted by Gasteiger charge is 2.16. The SMILES string of the molecule is COC(=O)C/C(=C/c1ccc(OC)cc1)C(=O)OCc1ccccc1. The van der Waals surface area contributed by atoms with Crippen LogP contribution in [0.2, 0.25) is 0 Å². The minimum atomic E-state index is -0.551. The van der Waals surface area contributed by atoms with E-state index >= 15 is 0 Å². The molecule has 0 aliphatic rings. The number of benzene rings is 2. The summed E-state index contributed by atoms with van der Waals surface area (Å²) in [6.45, 7) is 0.140. The number of rotatable bonds is 7. The van der Waals surface area contributed by atoms with Gasteiger partial charge in [0.25, 0.3) is 0 Å². The Hall–Kier alpha value is -3.08. The van der Waals surface area contributed by atoms with Crippen LogP contribution in [0.4, 0.5) is 0 Å². The van der Waals surface area contributed by atoms with E-state index in [2.05, 4.69) is 4.74 Å². The molecule has 0 bridgehead atoms. The maximum absolute atomic E-state index is 12.4. The molecule has 2 aromatic rings. The summed E-state index contributed by atoms with van der Waals surface area (Å²) in [5.74, 6) is -0.347. The minimum Gasteiger partial charge on any atom is -0.497 e. The van der Waals surface area contributed by atoms with Gasteiger partial charge in [0.15, 0.2) is 0 Å². The molecule has 0 spiro atoms. The van der Waals surface area contributed by atoms with Crippen molar-refractivity contribution < 1.29 is 23.8 Å². The molecule has 0 atom stereocenters. The van der Waals surface area contributed by atoms with Gasteiger partial charge in [-0.15, -0.1) is 0 Å². The predicted octanol–water partition coefficient (Wildman–Crippen LogP) is 3.39. The number of ether oxygens (including phenoxy) is 3. The van der Waals surface area contributed by atoms with E-state index in [1.807, 2.05) is 30.3 Å². The van der Waals surface area contributed by atoms with Crippen molar-refractivity contribution in [2.45, 2.75) is 13.0 Å². The van der Waals surface area contributed by atoms with Crippen molar-refractivity contribution in [3.05, 3.63) is 71.3 Å². The van der Waals surface area contributed by atoms with Gasteiger partial charge >= 0.3 is 11.9 Å². The Labute approximate surface area is 146 Å². The van der Waals surface area contributed by atoms with E-state index in [4.69, 9.17) is 9.47 Å². The average Bonchev–Trinajstić information content (AvgIpc) is 2.66. The molecule has 0 heterocycles. The average molecular weight is 340 g/mol. The fourth-order valence-electron chi connectivity index (χ4n) is 2.13. The van der Waals surface area contributed by atoms with Gasteiger partial charge in [-0.05, 0) is 29.3 Å². The molecule has 2 rings (SSSR count). The topological polar surface area (TPSA) is 61.8 Å². The summed E-state index contributed by atoms with van der Waals surface area (Å²) < 4.78 is 15.1. The van der Waals surface area contributed by atoms with Gasteiger partial charge in [0.1, 0.15) is 12.4 Å². The van der Waals surface area contributed by atoms with E-state index < -0.39 is 11.9 Å². The molecular weight excluding hydrogens is 320 g/mol. The summed E-state index contributed by atoms with van der Waals surface area (Å²) in [5, 5.41) is 0. The van der Waals surface area contributed by atoms with Crippen LogP contribution in [0.1, 0.15) is 17.5 Å². The van der Waals surface area contributed by atoms with Crippen LogP contribution < -0.4 is 4.74 Å². The highest BCUT2D eigenvalue weighted by Crippen LogP contribution is 2.17. The van der Waals surface area contributed by atoms with Gasteiger partial charge in [-0.25, -0.2) is 4.79 Å². The van der Waals surface area contributed by atoms with Crippen LogP contribution in [0.15, 0.2) is 60.2 Å². The molecule has 0 fully saturated rings. The quantitative estimate of drug-likeness (QED) is 0.571.